The second kappa shape index (κ2) is 6.13. The highest BCUT2D eigenvalue weighted by Gasteiger charge is 2.08. The largest absolute Gasteiger partial charge is 0.306 e. The molecule has 0 radical (unpaired) electrons. The van der Waals surface area contributed by atoms with E-state index in [0.717, 1.165) is 17.7 Å². The number of hydrogen-bond acceptors (Lipinski definition) is 1. The van der Waals surface area contributed by atoms with Crippen molar-refractivity contribution in [3.05, 3.63) is 70.2 Å². The van der Waals surface area contributed by atoms with E-state index in [0.29, 0.717) is 10.6 Å². The van der Waals surface area contributed by atoms with Gasteiger partial charge in [-0.15, -0.1) is 0 Å². The molecule has 100 valence electrons. The van der Waals surface area contributed by atoms with Crippen LogP contribution in [0.25, 0.3) is 0 Å². The molecule has 0 aliphatic heterocycles. The molecule has 0 aliphatic rings. The van der Waals surface area contributed by atoms with Gasteiger partial charge in [0.25, 0.3) is 0 Å². The summed E-state index contributed by atoms with van der Waals surface area (Å²) in [6, 6.07) is 10.9. The monoisotopic (exact) mass is 281 g/mol. The molecule has 0 saturated carbocycles. The van der Waals surface area contributed by atoms with Gasteiger partial charge in [-0.1, -0.05) is 23.7 Å². The molecule has 1 N–H and O–H groups in total. The van der Waals surface area contributed by atoms with Crippen LogP contribution < -0.4 is 5.32 Å². The Balaban J connectivity index is 2.02. The van der Waals surface area contributed by atoms with E-state index < -0.39 is 11.6 Å². The van der Waals surface area contributed by atoms with Gasteiger partial charge in [0.05, 0.1) is 0 Å². The number of nitrogens with one attached hydrogen (secondary N) is 1. The molecule has 0 bridgehead atoms. The fourth-order valence-corrected chi connectivity index (χ4v) is 1.94. The second-order valence-electron chi connectivity index (χ2n) is 4.39. The average molecular weight is 282 g/mol. The van der Waals surface area contributed by atoms with Crippen molar-refractivity contribution in [3.8, 4) is 0 Å². The maximum Gasteiger partial charge on any atom is 0.127 e. The first kappa shape index (κ1) is 14.0. The minimum Gasteiger partial charge on any atom is -0.306 e. The zero-order valence-corrected chi connectivity index (χ0v) is 11.2. The Hall–Kier alpha value is -1.45. The normalized spacial score (nSPS) is 12.4. The number of hydrogen-bond donors (Lipinski definition) is 1. The van der Waals surface area contributed by atoms with Crippen molar-refractivity contribution < 1.29 is 8.78 Å². The first-order chi connectivity index (χ1) is 9.06. The summed E-state index contributed by atoms with van der Waals surface area (Å²) in [6.45, 7) is 2.23. The van der Waals surface area contributed by atoms with E-state index in [9.17, 15) is 8.78 Å². The lowest BCUT2D eigenvalue weighted by molar-refractivity contribution is 0.535. The fraction of sp³-hybridized carbons (Fsp3) is 0.200. The van der Waals surface area contributed by atoms with Gasteiger partial charge in [-0.05, 0) is 42.8 Å². The quantitative estimate of drug-likeness (QED) is 0.872. The summed E-state index contributed by atoms with van der Waals surface area (Å²) in [5.41, 5.74) is 1.36. The fourth-order valence-electron chi connectivity index (χ4n) is 1.81. The number of benzene rings is 2. The van der Waals surface area contributed by atoms with Crippen LogP contribution in [0.4, 0.5) is 8.78 Å². The maximum absolute atomic E-state index is 13.5. The molecule has 2 aromatic carbocycles. The van der Waals surface area contributed by atoms with Crippen molar-refractivity contribution in [3.63, 3.8) is 0 Å². The summed E-state index contributed by atoms with van der Waals surface area (Å²) in [5.74, 6) is -0.838. The molecule has 0 amide bonds. The van der Waals surface area contributed by atoms with Crippen LogP contribution >= 0.6 is 11.6 Å². The molecule has 0 saturated heterocycles. The van der Waals surface area contributed by atoms with Crippen molar-refractivity contribution in [1.29, 1.82) is 0 Å². The molecule has 0 aliphatic carbocycles. The predicted octanol–water partition coefficient (Wildman–Crippen LogP) is 4.47. The van der Waals surface area contributed by atoms with Crippen LogP contribution in [0.15, 0.2) is 42.5 Å². The molecule has 1 nitrogen and oxygen atoms in total. The van der Waals surface area contributed by atoms with Crippen LogP contribution in [0.1, 0.15) is 24.1 Å². The molecule has 0 unspecified atom stereocenters. The highest BCUT2D eigenvalue weighted by molar-refractivity contribution is 6.30. The summed E-state index contributed by atoms with van der Waals surface area (Å²) in [5, 5.41) is 3.83. The number of rotatable bonds is 4. The van der Waals surface area contributed by atoms with Gasteiger partial charge in [0.1, 0.15) is 11.6 Å². The molecule has 0 heterocycles. The summed E-state index contributed by atoms with van der Waals surface area (Å²) in [4.78, 5) is 0. The van der Waals surface area contributed by atoms with E-state index in [1.165, 1.54) is 6.07 Å². The molecule has 2 aromatic rings. The molecule has 19 heavy (non-hydrogen) atoms. The zero-order valence-electron chi connectivity index (χ0n) is 10.5. The van der Waals surface area contributed by atoms with Gasteiger partial charge in [0.15, 0.2) is 0 Å². The van der Waals surface area contributed by atoms with Gasteiger partial charge < -0.3 is 5.32 Å². The van der Waals surface area contributed by atoms with Gasteiger partial charge in [-0.25, -0.2) is 8.78 Å². The highest BCUT2D eigenvalue weighted by atomic mass is 35.5. The predicted molar refractivity (Wildman–Crippen MR) is 73.1 cm³/mol. The SMILES string of the molecule is C[C@@H](NCc1cc(F)ccc1F)c1ccc(Cl)cc1. The maximum atomic E-state index is 13.5. The summed E-state index contributed by atoms with van der Waals surface area (Å²) in [6.07, 6.45) is 0. The lowest BCUT2D eigenvalue weighted by Crippen LogP contribution is -2.18. The number of halogens is 3. The van der Waals surface area contributed by atoms with Crippen molar-refractivity contribution in [2.45, 2.75) is 19.5 Å². The highest BCUT2D eigenvalue weighted by Crippen LogP contribution is 2.17. The zero-order chi connectivity index (χ0) is 13.8. The molecule has 0 fully saturated rings. The van der Waals surface area contributed by atoms with E-state index in [1.54, 1.807) is 12.1 Å². The molecule has 0 spiro atoms. The molecular formula is C15H14ClF2N. The van der Waals surface area contributed by atoms with Crippen LogP contribution in [0.2, 0.25) is 5.02 Å². The lowest BCUT2D eigenvalue weighted by Gasteiger charge is -2.14. The van der Waals surface area contributed by atoms with Gasteiger partial charge >= 0.3 is 0 Å². The Morgan fingerprint density at radius 1 is 1.11 bits per heavy atom. The Labute approximate surface area is 116 Å². The third-order valence-corrected chi connectivity index (χ3v) is 3.23. The van der Waals surface area contributed by atoms with E-state index >= 15 is 0 Å². The molecular weight excluding hydrogens is 268 g/mol. The van der Waals surface area contributed by atoms with Crippen molar-refractivity contribution in [2.75, 3.05) is 0 Å². The second-order valence-corrected chi connectivity index (χ2v) is 4.83. The third kappa shape index (κ3) is 3.75. The van der Waals surface area contributed by atoms with E-state index in [1.807, 2.05) is 19.1 Å². The Kier molecular flexibility index (Phi) is 4.51. The van der Waals surface area contributed by atoms with E-state index in [4.69, 9.17) is 11.6 Å². The Morgan fingerprint density at radius 2 is 1.79 bits per heavy atom. The van der Waals surface area contributed by atoms with Crippen LogP contribution in [-0.4, -0.2) is 0 Å². The van der Waals surface area contributed by atoms with Crippen LogP contribution in [0.5, 0.6) is 0 Å². The van der Waals surface area contributed by atoms with E-state index in [-0.39, 0.29) is 12.6 Å². The molecule has 0 aromatic heterocycles. The van der Waals surface area contributed by atoms with Crippen molar-refractivity contribution >= 4 is 11.6 Å². The van der Waals surface area contributed by atoms with Crippen LogP contribution in [0.3, 0.4) is 0 Å². The van der Waals surface area contributed by atoms with Gasteiger partial charge in [0.2, 0.25) is 0 Å². The topological polar surface area (TPSA) is 12.0 Å². The average Bonchev–Trinajstić information content (AvgIpc) is 2.40. The summed E-state index contributed by atoms with van der Waals surface area (Å²) >= 11 is 5.82. The first-order valence-electron chi connectivity index (χ1n) is 5.99. The van der Waals surface area contributed by atoms with Gasteiger partial charge in [-0.3, -0.25) is 0 Å². The first-order valence-corrected chi connectivity index (χ1v) is 6.37. The molecule has 4 heteroatoms. The van der Waals surface area contributed by atoms with Gasteiger partial charge in [-0.2, -0.15) is 0 Å². The van der Waals surface area contributed by atoms with Crippen molar-refractivity contribution in [2.24, 2.45) is 0 Å². The minimum atomic E-state index is -0.433. The summed E-state index contributed by atoms with van der Waals surface area (Å²) < 4.78 is 26.5. The molecule has 2 rings (SSSR count). The smallest absolute Gasteiger partial charge is 0.127 e. The standard InChI is InChI=1S/C15H14ClF2N/c1-10(11-2-4-13(16)5-3-11)19-9-12-8-14(17)6-7-15(12)18/h2-8,10,19H,9H2,1H3/t10-/m1/s1. The Morgan fingerprint density at radius 3 is 2.47 bits per heavy atom. The third-order valence-electron chi connectivity index (χ3n) is 2.98. The molecule has 1 atom stereocenters. The van der Waals surface area contributed by atoms with Crippen LogP contribution in [-0.2, 0) is 6.54 Å². The Bertz CT molecular complexity index is 555. The van der Waals surface area contributed by atoms with Crippen LogP contribution in [0, 0.1) is 11.6 Å². The lowest BCUT2D eigenvalue weighted by atomic mass is 10.1. The van der Waals surface area contributed by atoms with Crippen molar-refractivity contribution in [1.82, 2.24) is 5.32 Å². The van der Waals surface area contributed by atoms with E-state index in [2.05, 4.69) is 5.32 Å². The minimum absolute atomic E-state index is 0.0277. The van der Waals surface area contributed by atoms with Gasteiger partial charge in [0, 0.05) is 23.2 Å². The summed E-state index contributed by atoms with van der Waals surface area (Å²) in [7, 11) is 0.